The maximum Gasteiger partial charge on any atom is 0.292 e. The summed E-state index contributed by atoms with van der Waals surface area (Å²) in [5, 5.41) is 4.44. The second kappa shape index (κ2) is 8.39. The lowest BCUT2D eigenvalue weighted by Crippen LogP contribution is -3.12. The van der Waals surface area contributed by atoms with Gasteiger partial charge in [-0.05, 0) is 37.2 Å². The number of hydrogen-bond donors (Lipinski definition) is 1. The van der Waals surface area contributed by atoms with Crippen LogP contribution >= 0.6 is 12.2 Å². The Morgan fingerprint density at radius 2 is 1.96 bits per heavy atom. The van der Waals surface area contributed by atoms with E-state index in [1.165, 1.54) is 17.7 Å². The number of nitrogens with zero attached hydrogens (tertiary/aromatic N) is 3. The molecule has 2 aromatic heterocycles. The Balaban J connectivity index is 1.32. The van der Waals surface area contributed by atoms with Crippen molar-refractivity contribution < 1.29 is 18.5 Å². The Bertz CT molecular complexity index is 797. The first kappa shape index (κ1) is 18.4. The molecule has 2 aromatic rings. The van der Waals surface area contributed by atoms with Crippen LogP contribution in [-0.2, 0) is 11.5 Å². The summed E-state index contributed by atoms with van der Waals surface area (Å²) in [5.74, 6) is 1.54. The minimum atomic E-state index is 0.177. The van der Waals surface area contributed by atoms with Gasteiger partial charge in [0.25, 0.3) is 10.7 Å². The third-order valence-corrected chi connectivity index (χ3v) is 5.97. The van der Waals surface area contributed by atoms with Gasteiger partial charge in [-0.15, -0.1) is 5.10 Å². The Morgan fingerprint density at radius 3 is 2.63 bits per heavy atom. The molecule has 0 unspecified atom stereocenters. The van der Waals surface area contributed by atoms with Crippen LogP contribution in [-0.4, -0.2) is 46.8 Å². The van der Waals surface area contributed by atoms with Crippen LogP contribution < -0.4 is 4.90 Å². The number of carbonyl (C=O) groups excluding carboxylic acids is 1. The van der Waals surface area contributed by atoms with Crippen LogP contribution in [0, 0.1) is 10.8 Å². The number of rotatable bonds is 4. The third kappa shape index (κ3) is 4.32. The molecular formula is C19H27N4O3S+. The molecule has 1 amide bonds. The number of quaternary nitrogens is 1. The maximum absolute atomic E-state index is 12.8. The molecule has 4 rings (SSSR count). The van der Waals surface area contributed by atoms with Gasteiger partial charge in [-0.1, -0.05) is 12.8 Å². The van der Waals surface area contributed by atoms with Crippen molar-refractivity contribution in [3.8, 4) is 11.7 Å². The zero-order valence-electron chi connectivity index (χ0n) is 15.6. The van der Waals surface area contributed by atoms with Gasteiger partial charge in [-0.25, -0.2) is 0 Å². The molecule has 0 atom stereocenters. The number of hydrogen-bond acceptors (Lipinski definition) is 5. The number of furan rings is 1. The summed E-state index contributed by atoms with van der Waals surface area (Å²) in [5.41, 5.74) is 0. The highest BCUT2D eigenvalue weighted by atomic mass is 32.1. The van der Waals surface area contributed by atoms with Crippen molar-refractivity contribution in [3.05, 3.63) is 23.2 Å². The minimum absolute atomic E-state index is 0.177. The van der Waals surface area contributed by atoms with Crippen molar-refractivity contribution >= 4 is 18.1 Å². The van der Waals surface area contributed by atoms with Crippen molar-refractivity contribution in [2.45, 2.75) is 45.2 Å². The SMILES string of the molecule is O=C(C1CC[NH+](Cn2nc(-c3ccco3)oc2=S)CC1)N1CCCCCC1. The Hall–Kier alpha value is -1.93. The quantitative estimate of drug-likeness (QED) is 0.809. The van der Waals surface area contributed by atoms with E-state index in [2.05, 4.69) is 10.00 Å². The normalized spacial score (nSPS) is 23.9. The lowest BCUT2D eigenvalue weighted by Gasteiger charge is -2.31. The van der Waals surface area contributed by atoms with E-state index in [0.717, 1.165) is 51.9 Å². The minimum Gasteiger partial charge on any atom is -0.459 e. The first-order valence-corrected chi connectivity index (χ1v) is 10.4. The van der Waals surface area contributed by atoms with E-state index in [1.807, 2.05) is 0 Å². The molecule has 4 heterocycles. The number of aromatic nitrogens is 2. The summed E-state index contributed by atoms with van der Waals surface area (Å²) in [6.45, 7) is 4.45. The van der Waals surface area contributed by atoms with Gasteiger partial charge in [-0.3, -0.25) is 4.79 Å². The zero-order chi connectivity index (χ0) is 18.6. The molecule has 2 saturated heterocycles. The van der Waals surface area contributed by atoms with E-state index in [9.17, 15) is 4.79 Å². The van der Waals surface area contributed by atoms with E-state index in [-0.39, 0.29) is 5.92 Å². The first-order valence-electron chi connectivity index (χ1n) is 9.95. The van der Waals surface area contributed by atoms with Gasteiger partial charge in [0.2, 0.25) is 5.91 Å². The molecule has 2 aliphatic rings. The van der Waals surface area contributed by atoms with E-state index in [0.29, 0.717) is 29.1 Å². The summed E-state index contributed by atoms with van der Waals surface area (Å²) in [6.07, 6.45) is 8.26. The number of piperidine rings is 1. The first-order chi connectivity index (χ1) is 13.2. The molecule has 8 heteroatoms. The molecule has 0 aromatic carbocycles. The second-order valence-corrected chi connectivity index (χ2v) is 7.92. The fraction of sp³-hybridized carbons (Fsp3) is 0.632. The van der Waals surface area contributed by atoms with Gasteiger partial charge in [0.15, 0.2) is 12.4 Å². The lowest BCUT2D eigenvalue weighted by molar-refractivity contribution is -0.929. The van der Waals surface area contributed by atoms with Gasteiger partial charge in [-0.2, -0.15) is 4.68 Å². The van der Waals surface area contributed by atoms with Gasteiger partial charge >= 0.3 is 0 Å². The van der Waals surface area contributed by atoms with Gasteiger partial charge in [0.05, 0.1) is 19.4 Å². The average Bonchev–Trinajstić information content (AvgIpc) is 3.25. The molecule has 0 aliphatic carbocycles. The van der Waals surface area contributed by atoms with E-state index in [4.69, 9.17) is 21.1 Å². The second-order valence-electron chi connectivity index (χ2n) is 7.57. The van der Waals surface area contributed by atoms with Crippen LogP contribution in [0.2, 0.25) is 0 Å². The van der Waals surface area contributed by atoms with Gasteiger partial charge in [0, 0.05) is 31.8 Å². The highest BCUT2D eigenvalue weighted by Gasteiger charge is 2.31. The molecule has 0 spiro atoms. The van der Waals surface area contributed by atoms with Crippen LogP contribution in [0.5, 0.6) is 0 Å². The smallest absolute Gasteiger partial charge is 0.292 e. The molecule has 0 saturated carbocycles. The summed E-state index contributed by atoms with van der Waals surface area (Å²) >= 11 is 5.30. The van der Waals surface area contributed by atoms with Crippen LogP contribution in [0.25, 0.3) is 11.7 Å². The number of carbonyl (C=O) groups is 1. The van der Waals surface area contributed by atoms with Crippen LogP contribution in [0.1, 0.15) is 38.5 Å². The van der Waals surface area contributed by atoms with Crippen molar-refractivity contribution in [2.75, 3.05) is 26.2 Å². The monoisotopic (exact) mass is 391 g/mol. The predicted octanol–water partition coefficient (Wildman–Crippen LogP) is 2.12. The predicted molar refractivity (Wildman–Crippen MR) is 101 cm³/mol. The summed E-state index contributed by atoms with van der Waals surface area (Å²) < 4.78 is 12.6. The maximum atomic E-state index is 12.8. The standard InChI is InChI=1S/C19H26N4O3S/c24-18(22-9-3-1-2-4-10-22)15-7-11-21(12-8-15)14-23-19(27)26-17(20-23)16-6-5-13-25-16/h5-6,13,15H,1-4,7-12,14H2/p+1. The highest BCUT2D eigenvalue weighted by Crippen LogP contribution is 2.19. The average molecular weight is 392 g/mol. The fourth-order valence-electron chi connectivity index (χ4n) is 4.10. The van der Waals surface area contributed by atoms with Crippen LogP contribution in [0.3, 0.4) is 0 Å². The van der Waals surface area contributed by atoms with Gasteiger partial charge in [0.1, 0.15) is 0 Å². The van der Waals surface area contributed by atoms with Crippen molar-refractivity contribution in [2.24, 2.45) is 5.92 Å². The summed E-state index contributed by atoms with van der Waals surface area (Å²) in [4.78, 5) is 16.7. The molecular weight excluding hydrogens is 364 g/mol. The van der Waals surface area contributed by atoms with E-state index >= 15 is 0 Å². The summed E-state index contributed by atoms with van der Waals surface area (Å²) in [6, 6.07) is 3.60. The lowest BCUT2D eigenvalue weighted by atomic mass is 9.95. The molecule has 146 valence electrons. The van der Waals surface area contributed by atoms with Crippen LogP contribution in [0.15, 0.2) is 27.2 Å². The molecule has 0 radical (unpaired) electrons. The zero-order valence-corrected chi connectivity index (χ0v) is 16.4. The molecule has 2 aliphatic heterocycles. The van der Waals surface area contributed by atoms with Crippen molar-refractivity contribution in [1.29, 1.82) is 0 Å². The molecule has 27 heavy (non-hydrogen) atoms. The van der Waals surface area contributed by atoms with Crippen molar-refractivity contribution in [1.82, 2.24) is 14.7 Å². The Kier molecular flexibility index (Phi) is 5.73. The third-order valence-electron chi connectivity index (χ3n) is 5.67. The topological polar surface area (TPSA) is 68.8 Å². The Morgan fingerprint density at radius 1 is 1.22 bits per heavy atom. The molecule has 1 N–H and O–H groups in total. The van der Waals surface area contributed by atoms with E-state index < -0.39 is 0 Å². The number of nitrogens with one attached hydrogen (secondary N) is 1. The molecule has 0 bridgehead atoms. The number of likely N-dealkylation sites (tertiary alicyclic amines) is 2. The van der Waals surface area contributed by atoms with Crippen molar-refractivity contribution in [3.63, 3.8) is 0 Å². The van der Waals surface area contributed by atoms with Crippen LogP contribution in [0.4, 0.5) is 0 Å². The fourth-order valence-corrected chi connectivity index (χ4v) is 4.28. The summed E-state index contributed by atoms with van der Waals surface area (Å²) in [7, 11) is 0. The molecule has 2 fully saturated rings. The Labute approximate surface area is 163 Å². The van der Waals surface area contributed by atoms with Gasteiger partial charge < -0.3 is 18.6 Å². The highest BCUT2D eigenvalue weighted by molar-refractivity contribution is 7.71. The molecule has 7 nitrogen and oxygen atoms in total. The van der Waals surface area contributed by atoms with E-state index in [1.54, 1.807) is 23.1 Å². The largest absolute Gasteiger partial charge is 0.459 e. The number of amides is 1.